The van der Waals surface area contributed by atoms with Gasteiger partial charge in [0.25, 0.3) is 0 Å². The van der Waals surface area contributed by atoms with E-state index in [4.69, 9.17) is 16.6 Å². The summed E-state index contributed by atoms with van der Waals surface area (Å²) >= 11 is 7.59. The van der Waals surface area contributed by atoms with Gasteiger partial charge in [-0.05, 0) is 17.4 Å². The average molecular weight is 295 g/mol. The van der Waals surface area contributed by atoms with Gasteiger partial charge in [-0.15, -0.1) is 11.6 Å². The number of nitrogens with zero attached hydrogens (tertiary/aromatic N) is 2. The molecule has 0 spiro atoms. The van der Waals surface area contributed by atoms with Crippen LogP contribution in [0.4, 0.5) is 0 Å². The molecule has 0 radical (unpaired) electrons. The van der Waals surface area contributed by atoms with Gasteiger partial charge in [-0.3, -0.25) is 4.99 Å². The maximum Gasteiger partial charge on any atom is 0.168 e. The lowest BCUT2D eigenvalue weighted by Gasteiger charge is -2.16. The van der Waals surface area contributed by atoms with E-state index >= 15 is 0 Å². The summed E-state index contributed by atoms with van der Waals surface area (Å²) in [7, 11) is 0. The van der Waals surface area contributed by atoms with Gasteiger partial charge in [0.05, 0.1) is 11.9 Å². The fraction of sp³-hybridized carbons (Fsp3) is 0.400. The SMILES string of the molecule is CC.ClCC1=CSC2=NC(Cc3ccccc3)CN12. The molecule has 0 bridgehead atoms. The number of thioether (sulfide) groups is 1. The van der Waals surface area contributed by atoms with Gasteiger partial charge in [0.1, 0.15) is 0 Å². The minimum absolute atomic E-state index is 0.367. The molecule has 1 aromatic carbocycles. The molecule has 1 aromatic rings. The standard InChI is InChI=1S/C13H13ClN2S.C2H6/c14-7-12-9-17-13-15-11(8-16(12)13)6-10-4-2-1-3-5-10;1-2/h1-5,9,11H,6-8H2;1-2H3. The van der Waals surface area contributed by atoms with E-state index in [1.807, 2.05) is 19.9 Å². The van der Waals surface area contributed by atoms with E-state index in [1.165, 1.54) is 11.3 Å². The Bertz CT molecular complexity index is 470. The number of benzene rings is 1. The molecule has 0 fully saturated rings. The molecule has 2 aliphatic heterocycles. The second-order valence-electron chi connectivity index (χ2n) is 4.23. The number of hydrogen-bond donors (Lipinski definition) is 0. The summed E-state index contributed by atoms with van der Waals surface area (Å²) in [6, 6.07) is 10.9. The predicted octanol–water partition coefficient (Wildman–Crippen LogP) is 4.12. The van der Waals surface area contributed by atoms with Crippen molar-refractivity contribution in [3.8, 4) is 0 Å². The molecule has 0 aromatic heterocycles. The Kier molecular flexibility index (Phi) is 5.34. The molecule has 19 heavy (non-hydrogen) atoms. The fourth-order valence-corrected chi connectivity index (χ4v) is 3.47. The van der Waals surface area contributed by atoms with Crippen LogP contribution in [-0.4, -0.2) is 28.5 Å². The molecule has 4 heteroatoms. The zero-order valence-corrected chi connectivity index (χ0v) is 12.9. The Morgan fingerprint density at radius 2 is 2.05 bits per heavy atom. The van der Waals surface area contributed by atoms with Gasteiger partial charge >= 0.3 is 0 Å². The maximum atomic E-state index is 5.90. The van der Waals surface area contributed by atoms with Crippen LogP contribution >= 0.6 is 23.4 Å². The van der Waals surface area contributed by atoms with Gasteiger partial charge in [0.2, 0.25) is 0 Å². The highest BCUT2D eigenvalue weighted by Crippen LogP contribution is 2.32. The lowest BCUT2D eigenvalue weighted by molar-refractivity contribution is 0.511. The van der Waals surface area contributed by atoms with Crippen LogP contribution in [0.5, 0.6) is 0 Å². The molecular formula is C15H19ClN2S. The van der Waals surface area contributed by atoms with Crippen LogP contribution in [0.2, 0.25) is 0 Å². The van der Waals surface area contributed by atoms with Crippen LogP contribution in [0.3, 0.4) is 0 Å². The van der Waals surface area contributed by atoms with Gasteiger partial charge in [0, 0.05) is 12.2 Å². The van der Waals surface area contributed by atoms with Crippen molar-refractivity contribution < 1.29 is 0 Å². The van der Waals surface area contributed by atoms with Crippen LogP contribution in [0.15, 0.2) is 46.4 Å². The lowest BCUT2D eigenvalue weighted by Crippen LogP contribution is -2.25. The summed E-state index contributed by atoms with van der Waals surface area (Å²) < 4.78 is 0. The van der Waals surface area contributed by atoms with E-state index in [0.29, 0.717) is 11.9 Å². The Balaban J connectivity index is 0.000000637. The van der Waals surface area contributed by atoms with Crippen molar-refractivity contribution >= 4 is 28.5 Å². The smallest absolute Gasteiger partial charge is 0.168 e. The van der Waals surface area contributed by atoms with E-state index in [0.717, 1.165) is 18.1 Å². The van der Waals surface area contributed by atoms with Crippen LogP contribution < -0.4 is 0 Å². The summed E-state index contributed by atoms with van der Waals surface area (Å²) in [6.45, 7) is 4.97. The topological polar surface area (TPSA) is 15.6 Å². The molecule has 0 saturated heterocycles. The quantitative estimate of drug-likeness (QED) is 0.779. The molecule has 0 N–H and O–H groups in total. The Labute approximate surface area is 124 Å². The number of rotatable bonds is 3. The van der Waals surface area contributed by atoms with E-state index in [2.05, 4.69) is 34.6 Å². The van der Waals surface area contributed by atoms with Crippen molar-refractivity contribution in [2.24, 2.45) is 4.99 Å². The molecule has 2 aliphatic rings. The monoisotopic (exact) mass is 294 g/mol. The highest BCUT2D eigenvalue weighted by atomic mass is 35.5. The Hall–Kier alpha value is -0.930. The summed E-state index contributed by atoms with van der Waals surface area (Å²) in [4.78, 5) is 6.98. The fourth-order valence-electron chi connectivity index (χ4n) is 2.17. The van der Waals surface area contributed by atoms with Crippen LogP contribution in [-0.2, 0) is 6.42 Å². The molecule has 2 heterocycles. The molecule has 2 nitrogen and oxygen atoms in total. The summed E-state index contributed by atoms with van der Waals surface area (Å²) in [6.07, 6.45) is 1.01. The molecule has 0 saturated carbocycles. The minimum atomic E-state index is 0.367. The predicted molar refractivity (Wildman–Crippen MR) is 85.8 cm³/mol. The molecule has 3 rings (SSSR count). The van der Waals surface area contributed by atoms with Crippen molar-refractivity contribution in [2.75, 3.05) is 12.4 Å². The number of alkyl halides is 1. The zero-order chi connectivity index (χ0) is 13.7. The number of allylic oxidation sites excluding steroid dienone is 1. The molecular weight excluding hydrogens is 276 g/mol. The van der Waals surface area contributed by atoms with Crippen LogP contribution in [0.25, 0.3) is 0 Å². The first kappa shape index (κ1) is 14.5. The number of fused-ring (bicyclic) bond motifs is 1. The summed E-state index contributed by atoms with van der Waals surface area (Å²) in [5.41, 5.74) is 2.54. The first-order valence-electron chi connectivity index (χ1n) is 6.68. The number of aliphatic imine (C=N–C) groups is 1. The van der Waals surface area contributed by atoms with Gasteiger partial charge < -0.3 is 4.90 Å². The van der Waals surface area contributed by atoms with Crippen molar-refractivity contribution in [1.29, 1.82) is 0 Å². The molecule has 0 aliphatic carbocycles. The van der Waals surface area contributed by atoms with Crippen molar-refractivity contribution in [3.05, 3.63) is 47.0 Å². The molecule has 0 amide bonds. The highest BCUT2D eigenvalue weighted by Gasteiger charge is 2.31. The average Bonchev–Trinajstić information content (AvgIpc) is 3.01. The maximum absolute atomic E-state index is 5.90. The van der Waals surface area contributed by atoms with Crippen molar-refractivity contribution in [3.63, 3.8) is 0 Å². The third-order valence-electron chi connectivity index (χ3n) is 3.02. The van der Waals surface area contributed by atoms with E-state index in [-0.39, 0.29) is 0 Å². The third kappa shape index (κ3) is 3.34. The minimum Gasteiger partial charge on any atom is -0.321 e. The molecule has 1 atom stereocenters. The van der Waals surface area contributed by atoms with Crippen molar-refractivity contribution in [1.82, 2.24) is 4.90 Å². The van der Waals surface area contributed by atoms with Crippen LogP contribution in [0.1, 0.15) is 19.4 Å². The van der Waals surface area contributed by atoms with Gasteiger partial charge in [-0.25, -0.2) is 0 Å². The van der Waals surface area contributed by atoms with Crippen LogP contribution in [0, 0.1) is 0 Å². The molecule has 102 valence electrons. The number of halogens is 1. The largest absolute Gasteiger partial charge is 0.321 e. The second kappa shape index (κ2) is 7.01. The normalized spacial score (nSPS) is 20.4. The number of amidine groups is 1. The second-order valence-corrected chi connectivity index (χ2v) is 5.33. The molecule has 1 unspecified atom stereocenters. The summed E-state index contributed by atoms with van der Waals surface area (Å²) in [5, 5.41) is 3.21. The lowest BCUT2D eigenvalue weighted by atomic mass is 10.1. The first-order chi connectivity index (χ1) is 9.36. The Morgan fingerprint density at radius 1 is 1.32 bits per heavy atom. The highest BCUT2D eigenvalue weighted by molar-refractivity contribution is 8.16. The zero-order valence-electron chi connectivity index (χ0n) is 11.3. The van der Waals surface area contributed by atoms with E-state index in [1.54, 1.807) is 11.8 Å². The van der Waals surface area contributed by atoms with Gasteiger partial charge in [-0.1, -0.05) is 55.9 Å². The van der Waals surface area contributed by atoms with E-state index in [9.17, 15) is 0 Å². The van der Waals surface area contributed by atoms with E-state index < -0.39 is 0 Å². The van der Waals surface area contributed by atoms with Gasteiger partial charge in [-0.2, -0.15) is 0 Å². The third-order valence-corrected chi connectivity index (χ3v) is 4.22. The Morgan fingerprint density at radius 3 is 2.74 bits per heavy atom. The first-order valence-corrected chi connectivity index (χ1v) is 8.09. The number of hydrogen-bond acceptors (Lipinski definition) is 3. The summed E-state index contributed by atoms with van der Waals surface area (Å²) in [5.74, 6) is 0.573. The van der Waals surface area contributed by atoms with Gasteiger partial charge in [0.15, 0.2) is 5.17 Å². The van der Waals surface area contributed by atoms with Crippen molar-refractivity contribution in [2.45, 2.75) is 26.3 Å².